The molecule has 0 saturated carbocycles. The van der Waals surface area contributed by atoms with Gasteiger partial charge in [0.25, 0.3) is 0 Å². The fourth-order valence-corrected chi connectivity index (χ4v) is 3.90. The van der Waals surface area contributed by atoms with Gasteiger partial charge in [-0.25, -0.2) is 4.98 Å². The molecule has 1 atom stereocenters. The van der Waals surface area contributed by atoms with E-state index in [0.29, 0.717) is 13.0 Å². The standard InChI is InChI=1S/C23H28N4O/c1-26(12-13-27-17-25-21-4-2-3-5-22(21)27)23(28)15-19-8-6-18(7-9-19)14-20-10-11-24-16-20/h2-9,17,20,24H,10-16H2,1H3. The first kappa shape index (κ1) is 18.7. The number of carbonyl (C=O) groups excluding carboxylic acids is 1. The fourth-order valence-electron chi connectivity index (χ4n) is 3.90. The van der Waals surface area contributed by atoms with Crippen LogP contribution in [0.15, 0.2) is 54.9 Å². The number of hydrogen-bond donors (Lipinski definition) is 1. The number of nitrogens with one attached hydrogen (secondary N) is 1. The molecule has 0 radical (unpaired) electrons. The maximum Gasteiger partial charge on any atom is 0.226 e. The van der Waals surface area contributed by atoms with Gasteiger partial charge in [-0.05, 0) is 55.1 Å². The van der Waals surface area contributed by atoms with E-state index < -0.39 is 0 Å². The summed E-state index contributed by atoms with van der Waals surface area (Å²) in [5.41, 5.74) is 4.55. The second-order valence-corrected chi connectivity index (χ2v) is 7.80. The van der Waals surface area contributed by atoms with Crippen LogP contribution in [0.5, 0.6) is 0 Å². The van der Waals surface area contributed by atoms with E-state index in [4.69, 9.17) is 0 Å². The van der Waals surface area contributed by atoms with Crippen LogP contribution in [0.1, 0.15) is 17.5 Å². The van der Waals surface area contributed by atoms with Crippen molar-refractivity contribution in [1.29, 1.82) is 0 Å². The van der Waals surface area contributed by atoms with E-state index in [9.17, 15) is 4.79 Å². The number of para-hydroxylation sites is 2. The first-order valence-electron chi connectivity index (χ1n) is 10.1. The molecular formula is C23H28N4O. The molecule has 1 amide bonds. The number of hydrogen-bond acceptors (Lipinski definition) is 3. The minimum atomic E-state index is 0.150. The van der Waals surface area contributed by atoms with Gasteiger partial charge in [0, 0.05) is 20.1 Å². The maximum atomic E-state index is 12.6. The highest BCUT2D eigenvalue weighted by molar-refractivity contribution is 5.78. The van der Waals surface area contributed by atoms with Crippen LogP contribution in [0.4, 0.5) is 0 Å². The number of nitrogens with zero attached hydrogens (tertiary/aromatic N) is 3. The van der Waals surface area contributed by atoms with E-state index in [1.807, 2.05) is 36.5 Å². The van der Waals surface area contributed by atoms with Gasteiger partial charge in [0.2, 0.25) is 5.91 Å². The number of rotatable bonds is 7. The lowest BCUT2D eigenvalue weighted by molar-refractivity contribution is -0.129. The van der Waals surface area contributed by atoms with Crippen LogP contribution in [-0.4, -0.2) is 47.0 Å². The molecule has 4 rings (SSSR count). The van der Waals surface area contributed by atoms with Gasteiger partial charge in [-0.1, -0.05) is 36.4 Å². The summed E-state index contributed by atoms with van der Waals surface area (Å²) in [4.78, 5) is 18.8. The van der Waals surface area contributed by atoms with Crippen molar-refractivity contribution in [3.8, 4) is 0 Å². The van der Waals surface area contributed by atoms with E-state index >= 15 is 0 Å². The zero-order valence-corrected chi connectivity index (χ0v) is 16.5. The fraction of sp³-hybridized carbons (Fsp3) is 0.391. The number of amides is 1. The largest absolute Gasteiger partial charge is 0.344 e. The van der Waals surface area contributed by atoms with E-state index in [1.165, 1.54) is 12.0 Å². The van der Waals surface area contributed by atoms with Crippen molar-refractivity contribution in [2.45, 2.75) is 25.8 Å². The van der Waals surface area contributed by atoms with Crippen LogP contribution in [0.25, 0.3) is 11.0 Å². The van der Waals surface area contributed by atoms with E-state index in [0.717, 1.165) is 48.6 Å². The Hall–Kier alpha value is -2.66. The van der Waals surface area contributed by atoms with Crippen molar-refractivity contribution in [2.24, 2.45) is 5.92 Å². The lowest BCUT2D eigenvalue weighted by Crippen LogP contribution is -2.31. The quantitative estimate of drug-likeness (QED) is 0.690. The maximum absolute atomic E-state index is 12.6. The molecule has 1 aromatic heterocycles. The summed E-state index contributed by atoms with van der Waals surface area (Å²) in [6.07, 6.45) is 4.69. The van der Waals surface area contributed by atoms with Crippen LogP contribution in [0.2, 0.25) is 0 Å². The molecule has 1 saturated heterocycles. The van der Waals surface area contributed by atoms with Crippen LogP contribution >= 0.6 is 0 Å². The molecule has 1 aliphatic rings. The highest BCUT2D eigenvalue weighted by Crippen LogP contribution is 2.16. The Morgan fingerprint density at radius 3 is 2.75 bits per heavy atom. The van der Waals surface area contributed by atoms with Gasteiger partial charge in [0.1, 0.15) is 0 Å². The average Bonchev–Trinajstić information content (AvgIpc) is 3.37. The second-order valence-electron chi connectivity index (χ2n) is 7.80. The Morgan fingerprint density at radius 2 is 1.96 bits per heavy atom. The number of fused-ring (bicyclic) bond motifs is 1. The van der Waals surface area contributed by atoms with Gasteiger partial charge in [0.05, 0.1) is 23.8 Å². The van der Waals surface area contributed by atoms with Crippen molar-refractivity contribution in [2.75, 3.05) is 26.7 Å². The van der Waals surface area contributed by atoms with E-state index in [-0.39, 0.29) is 5.91 Å². The monoisotopic (exact) mass is 376 g/mol. The zero-order chi connectivity index (χ0) is 19.3. The minimum Gasteiger partial charge on any atom is -0.344 e. The minimum absolute atomic E-state index is 0.150. The molecule has 2 heterocycles. The summed E-state index contributed by atoms with van der Waals surface area (Å²) >= 11 is 0. The summed E-state index contributed by atoms with van der Waals surface area (Å²) in [5.74, 6) is 0.898. The van der Waals surface area contributed by atoms with Crippen molar-refractivity contribution in [1.82, 2.24) is 19.8 Å². The molecule has 1 fully saturated rings. The Balaban J connectivity index is 1.29. The third-order valence-electron chi connectivity index (χ3n) is 5.69. The number of imidazole rings is 1. The predicted octanol–water partition coefficient (Wildman–Crippen LogP) is 2.89. The lowest BCUT2D eigenvalue weighted by Gasteiger charge is -2.18. The molecule has 0 spiro atoms. The molecule has 1 unspecified atom stereocenters. The zero-order valence-electron chi connectivity index (χ0n) is 16.5. The molecule has 0 bridgehead atoms. The smallest absolute Gasteiger partial charge is 0.226 e. The molecule has 5 nitrogen and oxygen atoms in total. The van der Waals surface area contributed by atoms with Crippen molar-refractivity contribution in [3.63, 3.8) is 0 Å². The van der Waals surface area contributed by atoms with E-state index in [1.54, 1.807) is 0 Å². The molecule has 3 aromatic rings. The third-order valence-corrected chi connectivity index (χ3v) is 5.69. The van der Waals surface area contributed by atoms with Crippen LogP contribution in [0.3, 0.4) is 0 Å². The Kier molecular flexibility index (Phi) is 5.72. The average molecular weight is 377 g/mol. The summed E-state index contributed by atoms with van der Waals surface area (Å²) < 4.78 is 2.10. The van der Waals surface area contributed by atoms with E-state index in [2.05, 4.69) is 45.2 Å². The molecular weight excluding hydrogens is 348 g/mol. The molecule has 1 aliphatic heterocycles. The molecule has 5 heteroatoms. The third kappa shape index (κ3) is 4.42. The number of carbonyl (C=O) groups is 1. The van der Waals surface area contributed by atoms with Crippen molar-refractivity contribution in [3.05, 3.63) is 66.0 Å². The Labute approximate surface area is 166 Å². The summed E-state index contributed by atoms with van der Waals surface area (Å²) in [5, 5.41) is 3.42. The Morgan fingerprint density at radius 1 is 1.18 bits per heavy atom. The number of aromatic nitrogens is 2. The normalized spacial score (nSPS) is 16.5. The first-order chi connectivity index (χ1) is 13.7. The number of benzene rings is 2. The molecule has 0 aliphatic carbocycles. The van der Waals surface area contributed by atoms with Crippen molar-refractivity contribution < 1.29 is 4.79 Å². The lowest BCUT2D eigenvalue weighted by atomic mass is 9.97. The molecule has 28 heavy (non-hydrogen) atoms. The second kappa shape index (κ2) is 8.57. The van der Waals surface area contributed by atoms with Gasteiger partial charge in [0.15, 0.2) is 0 Å². The van der Waals surface area contributed by atoms with Crippen LogP contribution in [-0.2, 0) is 24.2 Å². The summed E-state index contributed by atoms with van der Waals surface area (Å²) in [6.45, 7) is 3.68. The van der Waals surface area contributed by atoms with Gasteiger partial charge in [-0.15, -0.1) is 0 Å². The molecule has 146 valence electrons. The number of likely N-dealkylation sites (N-methyl/N-ethyl adjacent to an activating group) is 1. The SMILES string of the molecule is CN(CCn1cnc2ccccc21)C(=O)Cc1ccc(CC2CCNC2)cc1. The highest BCUT2D eigenvalue weighted by atomic mass is 16.2. The van der Waals surface area contributed by atoms with Crippen LogP contribution in [0, 0.1) is 5.92 Å². The summed E-state index contributed by atoms with van der Waals surface area (Å²) in [7, 11) is 1.88. The first-order valence-corrected chi connectivity index (χ1v) is 10.1. The van der Waals surface area contributed by atoms with Gasteiger partial charge < -0.3 is 14.8 Å². The Bertz CT molecular complexity index is 925. The topological polar surface area (TPSA) is 50.2 Å². The predicted molar refractivity (Wildman–Crippen MR) is 112 cm³/mol. The highest BCUT2D eigenvalue weighted by Gasteiger charge is 2.15. The van der Waals surface area contributed by atoms with Gasteiger partial charge in [-0.3, -0.25) is 4.79 Å². The van der Waals surface area contributed by atoms with Gasteiger partial charge >= 0.3 is 0 Å². The van der Waals surface area contributed by atoms with Gasteiger partial charge in [-0.2, -0.15) is 0 Å². The summed E-state index contributed by atoms with van der Waals surface area (Å²) in [6, 6.07) is 16.6. The molecule has 1 N–H and O–H groups in total. The van der Waals surface area contributed by atoms with Crippen LogP contribution < -0.4 is 5.32 Å². The molecule has 2 aromatic carbocycles. The van der Waals surface area contributed by atoms with Crippen molar-refractivity contribution >= 4 is 16.9 Å².